The van der Waals surface area contributed by atoms with Crippen LogP contribution in [0.4, 0.5) is 21.6 Å². The zero-order valence-corrected chi connectivity index (χ0v) is 10.7. The van der Waals surface area contributed by atoms with Crippen LogP contribution < -0.4 is 10.2 Å². The number of anilines is 3. The number of carbonyl (C=O) groups excluding carboxylic acids is 1. The van der Waals surface area contributed by atoms with Gasteiger partial charge < -0.3 is 15.3 Å². The van der Waals surface area contributed by atoms with Crippen LogP contribution in [0.5, 0.6) is 0 Å². The predicted molar refractivity (Wildman–Crippen MR) is 73.2 cm³/mol. The Bertz CT molecular complexity index is 748. The minimum Gasteiger partial charge on any atom is -0.478 e. The molecule has 0 radical (unpaired) electrons. The van der Waals surface area contributed by atoms with Gasteiger partial charge in [0.1, 0.15) is 23.7 Å². The van der Waals surface area contributed by atoms with Crippen LogP contribution in [0, 0.1) is 5.82 Å². The summed E-state index contributed by atoms with van der Waals surface area (Å²) in [5, 5.41) is 11.9. The Hall–Kier alpha value is -2.96. The third kappa shape index (κ3) is 2.29. The van der Waals surface area contributed by atoms with Crippen LogP contribution in [0.15, 0.2) is 36.5 Å². The number of aromatic nitrogens is 1. The van der Waals surface area contributed by atoms with Gasteiger partial charge in [-0.15, -0.1) is 0 Å². The van der Waals surface area contributed by atoms with Crippen molar-refractivity contribution in [3.05, 3.63) is 47.9 Å². The minimum atomic E-state index is -1.31. The number of benzene rings is 1. The number of carbonyl (C=O) groups is 2. The van der Waals surface area contributed by atoms with Crippen molar-refractivity contribution in [2.45, 2.75) is 0 Å². The molecule has 21 heavy (non-hydrogen) atoms. The standard InChI is InChI=1S/C14H10FN3O3/c15-8-5-9(14(20)21)13(16-6-8)18-7-12(19)17-10-3-1-2-4-11(10)18/h1-6H,7H2,(H,17,19)(H,20,21). The van der Waals surface area contributed by atoms with Gasteiger partial charge in [-0.25, -0.2) is 14.2 Å². The molecule has 1 aromatic carbocycles. The lowest BCUT2D eigenvalue weighted by molar-refractivity contribution is -0.115. The molecule has 0 saturated carbocycles. The fourth-order valence-electron chi connectivity index (χ4n) is 2.23. The van der Waals surface area contributed by atoms with Crippen molar-refractivity contribution in [1.29, 1.82) is 0 Å². The molecule has 0 aliphatic carbocycles. The molecule has 2 aromatic rings. The molecule has 106 valence electrons. The Labute approximate surface area is 118 Å². The summed E-state index contributed by atoms with van der Waals surface area (Å²) in [6.45, 7) is -0.0874. The average molecular weight is 287 g/mol. The van der Waals surface area contributed by atoms with Crippen LogP contribution in [-0.4, -0.2) is 28.5 Å². The lowest BCUT2D eigenvalue weighted by Gasteiger charge is -2.30. The molecule has 1 amide bonds. The highest BCUT2D eigenvalue weighted by atomic mass is 19.1. The van der Waals surface area contributed by atoms with E-state index in [0.29, 0.717) is 11.4 Å². The normalized spacial score (nSPS) is 13.6. The number of para-hydroxylation sites is 2. The van der Waals surface area contributed by atoms with Gasteiger partial charge in [-0.1, -0.05) is 12.1 Å². The van der Waals surface area contributed by atoms with Gasteiger partial charge in [-0.3, -0.25) is 4.79 Å². The molecule has 2 N–H and O–H groups in total. The highest BCUT2D eigenvalue weighted by Crippen LogP contribution is 2.35. The Morgan fingerprint density at radius 3 is 2.90 bits per heavy atom. The quantitative estimate of drug-likeness (QED) is 0.883. The molecule has 7 heteroatoms. The zero-order chi connectivity index (χ0) is 15.0. The maximum Gasteiger partial charge on any atom is 0.339 e. The molecule has 1 aliphatic heterocycles. The molecular weight excluding hydrogens is 277 g/mol. The molecular formula is C14H10FN3O3. The van der Waals surface area contributed by atoms with Gasteiger partial charge in [0.2, 0.25) is 5.91 Å². The molecule has 3 rings (SSSR count). The van der Waals surface area contributed by atoms with Gasteiger partial charge in [0.15, 0.2) is 0 Å². The Morgan fingerprint density at radius 1 is 1.38 bits per heavy atom. The van der Waals surface area contributed by atoms with Crippen molar-refractivity contribution in [3.8, 4) is 0 Å². The third-order valence-electron chi connectivity index (χ3n) is 3.09. The predicted octanol–water partition coefficient (Wildman–Crippen LogP) is 2.01. The summed E-state index contributed by atoms with van der Waals surface area (Å²) in [7, 11) is 0. The van der Waals surface area contributed by atoms with Gasteiger partial charge in [-0.2, -0.15) is 0 Å². The number of aromatic carboxylic acids is 1. The van der Waals surface area contributed by atoms with Crippen LogP contribution in [-0.2, 0) is 4.79 Å². The Kier molecular flexibility index (Phi) is 3.02. The van der Waals surface area contributed by atoms with E-state index in [2.05, 4.69) is 10.3 Å². The van der Waals surface area contributed by atoms with E-state index in [1.807, 2.05) is 0 Å². The average Bonchev–Trinajstić information content (AvgIpc) is 2.46. The molecule has 0 saturated heterocycles. The van der Waals surface area contributed by atoms with Crippen LogP contribution in [0.1, 0.15) is 10.4 Å². The van der Waals surface area contributed by atoms with Crippen molar-refractivity contribution in [2.75, 3.05) is 16.8 Å². The summed E-state index contributed by atoms with van der Waals surface area (Å²) in [6.07, 6.45) is 0.927. The summed E-state index contributed by atoms with van der Waals surface area (Å²) in [5.41, 5.74) is 0.870. The van der Waals surface area contributed by atoms with E-state index in [9.17, 15) is 19.1 Å². The Balaban J connectivity index is 2.17. The monoisotopic (exact) mass is 287 g/mol. The number of halogens is 1. The molecule has 0 fully saturated rings. The Morgan fingerprint density at radius 2 is 2.14 bits per heavy atom. The van der Waals surface area contributed by atoms with Crippen molar-refractivity contribution >= 4 is 29.1 Å². The van der Waals surface area contributed by atoms with Gasteiger partial charge in [0.25, 0.3) is 0 Å². The smallest absolute Gasteiger partial charge is 0.339 e. The first kappa shape index (κ1) is 13.0. The SMILES string of the molecule is O=C1CN(c2ncc(F)cc2C(=O)O)c2ccccc2N1. The van der Waals surface area contributed by atoms with E-state index in [1.165, 1.54) is 4.90 Å². The van der Waals surface area contributed by atoms with Gasteiger partial charge >= 0.3 is 5.97 Å². The van der Waals surface area contributed by atoms with E-state index in [-0.39, 0.29) is 23.8 Å². The summed E-state index contributed by atoms with van der Waals surface area (Å²) in [4.78, 5) is 28.3. The number of amides is 1. The number of carboxylic acid groups (broad SMARTS) is 1. The summed E-state index contributed by atoms with van der Waals surface area (Å²) in [6, 6.07) is 7.82. The minimum absolute atomic E-state index is 0.0335. The second-order valence-corrected chi connectivity index (χ2v) is 4.48. The molecule has 1 aromatic heterocycles. The van der Waals surface area contributed by atoms with Gasteiger partial charge in [0, 0.05) is 0 Å². The number of hydrogen-bond donors (Lipinski definition) is 2. The molecule has 2 heterocycles. The van der Waals surface area contributed by atoms with Crippen LogP contribution in [0.3, 0.4) is 0 Å². The first-order valence-corrected chi connectivity index (χ1v) is 6.11. The number of nitrogens with one attached hydrogen (secondary N) is 1. The number of fused-ring (bicyclic) bond motifs is 1. The van der Waals surface area contributed by atoms with Crippen LogP contribution >= 0.6 is 0 Å². The third-order valence-corrected chi connectivity index (χ3v) is 3.09. The van der Waals surface area contributed by atoms with E-state index < -0.39 is 11.8 Å². The van der Waals surface area contributed by atoms with Gasteiger partial charge in [-0.05, 0) is 18.2 Å². The molecule has 1 aliphatic rings. The van der Waals surface area contributed by atoms with E-state index in [4.69, 9.17) is 0 Å². The number of pyridine rings is 1. The maximum absolute atomic E-state index is 13.2. The van der Waals surface area contributed by atoms with E-state index >= 15 is 0 Å². The van der Waals surface area contributed by atoms with Crippen LogP contribution in [0.2, 0.25) is 0 Å². The summed E-state index contributed by atoms with van der Waals surface area (Å²) in [5.74, 6) is -2.31. The summed E-state index contributed by atoms with van der Waals surface area (Å²) < 4.78 is 13.2. The van der Waals surface area contributed by atoms with Crippen molar-refractivity contribution in [2.24, 2.45) is 0 Å². The molecule has 0 spiro atoms. The lowest BCUT2D eigenvalue weighted by atomic mass is 10.1. The van der Waals surface area contributed by atoms with E-state index in [1.54, 1.807) is 24.3 Å². The first-order valence-electron chi connectivity index (χ1n) is 6.11. The van der Waals surface area contributed by atoms with Crippen molar-refractivity contribution < 1.29 is 19.1 Å². The summed E-state index contributed by atoms with van der Waals surface area (Å²) >= 11 is 0. The maximum atomic E-state index is 13.2. The topological polar surface area (TPSA) is 82.5 Å². The first-order chi connectivity index (χ1) is 10.1. The number of hydrogen-bond acceptors (Lipinski definition) is 4. The van der Waals surface area contributed by atoms with Crippen LogP contribution in [0.25, 0.3) is 0 Å². The molecule has 0 unspecified atom stereocenters. The van der Waals surface area contributed by atoms with Crippen molar-refractivity contribution in [1.82, 2.24) is 4.98 Å². The lowest BCUT2D eigenvalue weighted by Crippen LogP contribution is -2.36. The second-order valence-electron chi connectivity index (χ2n) is 4.48. The molecule has 0 atom stereocenters. The number of rotatable bonds is 2. The second kappa shape index (κ2) is 4.86. The highest BCUT2D eigenvalue weighted by Gasteiger charge is 2.27. The number of nitrogens with zero attached hydrogens (tertiary/aromatic N) is 2. The fraction of sp³-hybridized carbons (Fsp3) is 0.0714. The molecule has 0 bridgehead atoms. The fourth-order valence-corrected chi connectivity index (χ4v) is 2.23. The highest BCUT2D eigenvalue weighted by molar-refractivity contribution is 6.05. The molecule has 6 nitrogen and oxygen atoms in total. The van der Waals surface area contributed by atoms with Gasteiger partial charge in [0.05, 0.1) is 17.6 Å². The van der Waals surface area contributed by atoms with Crippen molar-refractivity contribution in [3.63, 3.8) is 0 Å². The van der Waals surface area contributed by atoms with E-state index in [0.717, 1.165) is 12.3 Å². The zero-order valence-electron chi connectivity index (χ0n) is 10.7. The largest absolute Gasteiger partial charge is 0.478 e. The number of carboxylic acids is 1.